The quantitative estimate of drug-likeness (QED) is 0.447. The number of hydrogen-bond donors (Lipinski definition) is 1. The van der Waals surface area contributed by atoms with Crippen LogP contribution in [-0.4, -0.2) is 34.1 Å². The van der Waals surface area contributed by atoms with Crippen molar-refractivity contribution in [3.8, 4) is 5.75 Å². The van der Waals surface area contributed by atoms with Crippen molar-refractivity contribution in [3.63, 3.8) is 0 Å². The number of benzene rings is 2. The van der Waals surface area contributed by atoms with E-state index in [9.17, 15) is 19.5 Å². The number of Topliss-reactive ketones (excluding diaryl/α,β-unsaturated/α-hetero) is 2. The number of carboxylic acid groups (broad SMARTS) is 1. The molecule has 1 N–H and O–H groups in total. The molecule has 0 unspecified atom stereocenters. The highest BCUT2D eigenvalue weighted by Gasteiger charge is 2.48. The molecule has 204 valence electrons. The predicted octanol–water partition coefficient (Wildman–Crippen LogP) is 6.43. The Morgan fingerprint density at radius 2 is 1.38 bits per heavy atom. The van der Waals surface area contributed by atoms with Crippen molar-refractivity contribution in [2.24, 2.45) is 10.8 Å². The smallest absolute Gasteiger partial charge is 0.305 e. The van der Waals surface area contributed by atoms with Gasteiger partial charge in [-0.25, -0.2) is 0 Å². The second kappa shape index (κ2) is 10.1. The number of ether oxygens (including phenoxy) is 1. The molecule has 6 nitrogen and oxygen atoms in total. The number of carbonyl (C=O) groups is 3. The van der Waals surface area contributed by atoms with Crippen LogP contribution in [0.3, 0.4) is 0 Å². The van der Waals surface area contributed by atoms with Crippen LogP contribution < -0.4 is 4.74 Å². The Morgan fingerprint density at radius 3 is 1.90 bits per heavy atom. The van der Waals surface area contributed by atoms with E-state index >= 15 is 0 Å². The summed E-state index contributed by atoms with van der Waals surface area (Å²) in [5.74, 6) is -0.542. The first kappa shape index (κ1) is 26.9. The molecular formula is C33H37NO5. The van der Waals surface area contributed by atoms with Crippen molar-refractivity contribution in [1.82, 2.24) is 4.90 Å². The Bertz CT molecular complexity index is 1310. The van der Waals surface area contributed by atoms with Gasteiger partial charge >= 0.3 is 5.97 Å². The number of hydrogen-bond acceptors (Lipinski definition) is 5. The van der Waals surface area contributed by atoms with E-state index in [4.69, 9.17) is 4.74 Å². The molecule has 0 radical (unpaired) electrons. The maximum Gasteiger partial charge on any atom is 0.305 e. The summed E-state index contributed by atoms with van der Waals surface area (Å²) < 4.78 is 5.99. The lowest BCUT2D eigenvalue weighted by Gasteiger charge is -2.49. The van der Waals surface area contributed by atoms with Gasteiger partial charge in [0, 0.05) is 47.8 Å². The average molecular weight is 528 g/mol. The summed E-state index contributed by atoms with van der Waals surface area (Å²) in [6.07, 6.45) is 2.06. The third-order valence-electron chi connectivity index (χ3n) is 8.03. The second-order valence-corrected chi connectivity index (χ2v) is 12.7. The van der Waals surface area contributed by atoms with Crippen molar-refractivity contribution in [2.75, 3.05) is 6.54 Å². The van der Waals surface area contributed by atoms with Crippen LogP contribution in [0.2, 0.25) is 0 Å². The van der Waals surface area contributed by atoms with E-state index in [0.29, 0.717) is 43.4 Å². The van der Waals surface area contributed by atoms with Crippen molar-refractivity contribution in [1.29, 1.82) is 0 Å². The molecule has 39 heavy (non-hydrogen) atoms. The van der Waals surface area contributed by atoms with Crippen LogP contribution in [0.25, 0.3) is 0 Å². The van der Waals surface area contributed by atoms with E-state index < -0.39 is 11.9 Å². The minimum Gasteiger partial charge on any atom is -0.489 e. The number of carbonyl (C=O) groups excluding carboxylic acids is 2. The lowest BCUT2D eigenvalue weighted by molar-refractivity contribution is -0.137. The maximum atomic E-state index is 13.8. The molecule has 2 aliphatic carbocycles. The van der Waals surface area contributed by atoms with E-state index in [0.717, 1.165) is 28.3 Å². The molecule has 1 heterocycles. The molecule has 0 spiro atoms. The van der Waals surface area contributed by atoms with Gasteiger partial charge in [-0.15, -0.1) is 0 Å². The van der Waals surface area contributed by atoms with Crippen molar-refractivity contribution >= 4 is 17.5 Å². The molecule has 0 saturated heterocycles. The summed E-state index contributed by atoms with van der Waals surface area (Å²) in [4.78, 5) is 41.2. The number of allylic oxidation sites excluding steroid dienone is 4. The molecule has 6 heteroatoms. The Morgan fingerprint density at radius 1 is 0.846 bits per heavy atom. The van der Waals surface area contributed by atoms with E-state index in [1.807, 2.05) is 59.5 Å². The van der Waals surface area contributed by atoms with Crippen molar-refractivity contribution in [2.45, 2.75) is 72.3 Å². The highest BCUT2D eigenvalue weighted by molar-refractivity contribution is 6.06. The van der Waals surface area contributed by atoms with Crippen LogP contribution in [0.5, 0.6) is 5.75 Å². The molecule has 2 aromatic carbocycles. The fraction of sp³-hybridized carbons (Fsp3) is 0.424. The van der Waals surface area contributed by atoms with E-state index in [1.165, 1.54) is 0 Å². The highest BCUT2D eigenvalue weighted by Crippen LogP contribution is 2.54. The summed E-state index contributed by atoms with van der Waals surface area (Å²) in [5, 5.41) is 9.51. The van der Waals surface area contributed by atoms with Crippen LogP contribution in [0.15, 0.2) is 77.1 Å². The molecule has 0 atom stereocenters. The van der Waals surface area contributed by atoms with Crippen LogP contribution in [0.4, 0.5) is 0 Å². The zero-order valence-corrected chi connectivity index (χ0v) is 23.3. The first-order valence-corrected chi connectivity index (χ1v) is 13.7. The van der Waals surface area contributed by atoms with Gasteiger partial charge in [-0.3, -0.25) is 14.4 Å². The third kappa shape index (κ3) is 5.56. The van der Waals surface area contributed by atoms with Crippen molar-refractivity contribution in [3.05, 3.63) is 88.3 Å². The summed E-state index contributed by atoms with van der Waals surface area (Å²) in [6, 6.07) is 17.7. The minimum absolute atomic E-state index is 0.0418. The number of ketones is 2. The Labute approximate surface area is 230 Å². The molecule has 3 aliphatic rings. The Hall–Kier alpha value is -3.67. The fourth-order valence-corrected chi connectivity index (χ4v) is 6.36. The van der Waals surface area contributed by atoms with Gasteiger partial charge in [0.2, 0.25) is 0 Å². The van der Waals surface area contributed by atoms with E-state index in [2.05, 4.69) is 27.7 Å². The van der Waals surface area contributed by atoms with Gasteiger partial charge in [0.1, 0.15) is 12.4 Å². The van der Waals surface area contributed by atoms with Crippen LogP contribution in [-0.2, 0) is 21.0 Å². The molecule has 0 amide bonds. The number of rotatable bonds is 7. The summed E-state index contributed by atoms with van der Waals surface area (Å²) >= 11 is 0. The van der Waals surface area contributed by atoms with Gasteiger partial charge in [-0.1, -0.05) is 70.2 Å². The molecule has 1 aliphatic heterocycles. The molecular weight excluding hydrogens is 490 g/mol. The monoisotopic (exact) mass is 527 g/mol. The molecule has 0 fully saturated rings. The van der Waals surface area contributed by atoms with Crippen LogP contribution in [0, 0.1) is 10.8 Å². The number of nitrogens with zero attached hydrogens (tertiary/aromatic N) is 1. The third-order valence-corrected chi connectivity index (χ3v) is 8.03. The van der Waals surface area contributed by atoms with Gasteiger partial charge < -0.3 is 14.7 Å². The molecule has 0 aromatic heterocycles. The molecule has 5 rings (SSSR count). The minimum atomic E-state index is -0.893. The maximum absolute atomic E-state index is 13.8. The first-order valence-electron chi connectivity index (χ1n) is 13.7. The lowest BCUT2D eigenvalue weighted by Crippen LogP contribution is -2.45. The standard InChI is InChI=1S/C33H37NO5/c1-32(2)16-24-30(26(35)18-32)29(22-10-12-23(13-11-22)39-20-21-8-6-5-7-9-21)31-25(34(24)15-14-28(37)38)17-33(3,4)19-27(31)36/h5-13,29H,14-20H2,1-4H3,(H,37,38). The SMILES string of the molecule is CC1(C)CC(=O)C2=C(C1)N(CCC(=O)O)C1=C(C(=O)CC(C)(C)C1)C2c1ccc(OCc2ccccc2)cc1. The summed E-state index contributed by atoms with van der Waals surface area (Å²) in [5.41, 5.74) is 4.56. The zero-order chi connectivity index (χ0) is 27.9. The molecule has 0 bridgehead atoms. The van der Waals surface area contributed by atoms with Gasteiger partial charge in [0.15, 0.2) is 11.6 Å². The Kier molecular flexibility index (Phi) is 7.00. The van der Waals surface area contributed by atoms with Crippen LogP contribution >= 0.6 is 0 Å². The topological polar surface area (TPSA) is 83.9 Å². The van der Waals surface area contributed by atoms with E-state index in [-0.39, 0.29) is 35.4 Å². The zero-order valence-electron chi connectivity index (χ0n) is 23.3. The second-order valence-electron chi connectivity index (χ2n) is 12.7. The van der Waals surface area contributed by atoms with Gasteiger partial charge in [0.05, 0.1) is 6.42 Å². The predicted molar refractivity (Wildman–Crippen MR) is 149 cm³/mol. The van der Waals surface area contributed by atoms with E-state index in [1.54, 1.807) is 0 Å². The summed E-state index contributed by atoms with van der Waals surface area (Å²) in [7, 11) is 0. The van der Waals surface area contributed by atoms with Crippen molar-refractivity contribution < 1.29 is 24.2 Å². The van der Waals surface area contributed by atoms with Gasteiger partial charge in [0.25, 0.3) is 0 Å². The van der Waals surface area contributed by atoms with Gasteiger partial charge in [-0.05, 0) is 46.9 Å². The largest absolute Gasteiger partial charge is 0.489 e. The van der Waals surface area contributed by atoms with Gasteiger partial charge in [-0.2, -0.15) is 0 Å². The Balaban J connectivity index is 1.58. The number of carboxylic acids is 1. The number of aliphatic carboxylic acids is 1. The molecule has 0 saturated carbocycles. The lowest BCUT2D eigenvalue weighted by atomic mass is 9.63. The van der Waals surface area contributed by atoms with Crippen LogP contribution in [0.1, 0.15) is 76.8 Å². The normalized spacial score (nSPS) is 20.6. The first-order chi connectivity index (χ1) is 18.4. The summed E-state index contributed by atoms with van der Waals surface area (Å²) in [6.45, 7) is 9.03. The molecule has 2 aromatic rings. The average Bonchev–Trinajstić information content (AvgIpc) is 2.85. The fourth-order valence-electron chi connectivity index (χ4n) is 6.36. The highest BCUT2D eigenvalue weighted by atomic mass is 16.5.